The normalized spacial score (nSPS) is 21.4. The van der Waals surface area contributed by atoms with Gasteiger partial charge in [0.15, 0.2) is 0 Å². The van der Waals surface area contributed by atoms with Gasteiger partial charge in [0.1, 0.15) is 10.8 Å². The van der Waals surface area contributed by atoms with Gasteiger partial charge in [0.25, 0.3) is 0 Å². The summed E-state index contributed by atoms with van der Waals surface area (Å²) in [5, 5.41) is 13.6. The number of hydrogen-bond acceptors (Lipinski definition) is 4. The van der Waals surface area contributed by atoms with Gasteiger partial charge in [-0.15, -0.1) is 10.2 Å². The number of benzene rings is 1. The van der Waals surface area contributed by atoms with E-state index in [1.165, 1.54) is 25.0 Å². The van der Waals surface area contributed by atoms with Crippen LogP contribution in [-0.4, -0.2) is 16.2 Å². The first kappa shape index (κ1) is 12.5. The Morgan fingerprint density at radius 2 is 2.11 bits per heavy atom. The molecule has 0 saturated heterocycles. The predicted octanol–water partition coefficient (Wildman–Crippen LogP) is 3.48. The fourth-order valence-electron chi connectivity index (χ4n) is 2.19. The van der Waals surface area contributed by atoms with Gasteiger partial charge in [0.05, 0.1) is 0 Å². The lowest BCUT2D eigenvalue weighted by atomic mass is 10.2. The topological polar surface area (TPSA) is 37.8 Å². The summed E-state index contributed by atoms with van der Waals surface area (Å²) in [6.07, 6.45) is 3.17. The highest BCUT2D eigenvalue weighted by Gasteiger charge is 2.35. The summed E-state index contributed by atoms with van der Waals surface area (Å²) in [5.41, 5.74) is 1.06. The van der Waals surface area contributed by atoms with Crippen molar-refractivity contribution in [3.63, 3.8) is 0 Å². The Morgan fingerprint density at radius 1 is 1.32 bits per heavy atom. The minimum atomic E-state index is -0.206. The van der Waals surface area contributed by atoms with Gasteiger partial charge in [-0.2, -0.15) is 0 Å². The van der Waals surface area contributed by atoms with Gasteiger partial charge < -0.3 is 5.32 Å². The Morgan fingerprint density at radius 3 is 2.79 bits per heavy atom. The average molecular weight is 277 g/mol. The number of rotatable bonds is 5. The third-order valence-corrected chi connectivity index (χ3v) is 4.35. The molecule has 0 aliphatic heterocycles. The van der Waals surface area contributed by atoms with Crippen molar-refractivity contribution >= 4 is 16.5 Å². The Labute approximate surface area is 115 Å². The largest absolute Gasteiger partial charge is 0.357 e. The molecule has 1 saturated carbocycles. The molecule has 1 fully saturated rings. The second-order valence-electron chi connectivity index (χ2n) is 4.96. The second kappa shape index (κ2) is 5.25. The number of aromatic nitrogens is 2. The number of anilines is 1. The molecule has 2 unspecified atom stereocenters. The van der Waals surface area contributed by atoms with E-state index in [1.807, 2.05) is 0 Å². The van der Waals surface area contributed by atoms with Crippen molar-refractivity contribution < 1.29 is 4.39 Å². The van der Waals surface area contributed by atoms with E-state index in [-0.39, 0.29) is 5.82 Å². The molecule has 2 aromatic rings. The molecule has 1 aliphatic rings. The van der Waals surface area contributed by atoms with E-state index in [2.05, 4.69) is 22.4 Å². The summed E-state index contributed by atoms with van der Waals surface area (Å²) < 4.78 is 12.8. The van der Waals surface area contributed by atoms with E-state index >= 15 is 0 Å². The summed E-state index contributed by atoms with van der Waals surface area (Å²) >= 11 is 1.59. The summed E-state index contributed by atoms with van der Waals surface area (Å²) in [6, 6.07) is 7.11. The highest BCUT2D eigenvalue weighted by Crippen LogP contribution is 2.36. The minimum absolute atomic E-state index is 0.206. The van der Waals surface area contributed by atoms with Crippen molar-refractivity contribution in [2.45, 2.75) is 32.2 Å². The quantitative estimate of drug-likeness (QED) is 0.909. The third kappa shape index (κ3) is 3.10. The zero-order chi connectivity index (χ0) is 13.2. The van der Waals surface area contributed by atoms with Gasteiger partial charge >= 0.3 is 0 Å². The molecule has 3 nitrogen and oxygen atoms in total. The molecule has 19 heavy (non-hydrogen) atoms. The van der Waals surface area contributed by atoms with Crippen LogP contribution >= 0.6 is 11.3 Å². The molecular weight excluding hydrogens is 261 g/mol. The van der Waals surface area contributed by atoms with E-state index in [0.717, 1.165) is 21.6 Å². The SMILES string of the molecule is CCC1CC1Nc1nnc(Cc2ccc(F)cc2)s1. The van der Waals surface area contributed by atoms with Crippen LogP contribution in [0.15, 0.2) is 24.3 Å². The summed E-state index contributed by atoms with van der Waals surface area (Å²) in [6.45, 7) is 2.21. The lowest BCUT2D eigenvalue weighted by molar-refractivity contribution is 0.627. The Hall–Kier alpha value is -1.49. The molecule has 100 valence electrons. The highest BCUT2D eigenvalue weighted by atomic mass is 32.1. The van der Waals surface area contributed by atoms with Gasteiger partial charge in [0, 0.05) is 12.5 Å². The zero-order valence-corrected chi connectivity index (χ0v) is 11.6. The molecule has 0 spiro atoms. The summed E-state index contributed by atoms with van der Waals surface area (Å²) in [5.74, 6) is 0.590. The minimum Gasteiger partial charge on any atom is -0.357 e. The van der Waals surface area contributed by atoms with Crippen LogP contribution in [-0.2, 0) is 6.42 Å². The van der Waals surface area contributed by atoms with Gasteiger partial charge in [-0.1, -0.05) is 36.8 Å². The lowest BCUT2D eigenvalue weighted by Crippen LogP contribution is -2.03. The molecule has 1 heterocycles. The van der Waals surface area contributed by atoms with Crippen molar-refractivity contribution in [3.05, 3.63) is 40.7 Å². The third-order valence-electron chi connectivity index (χ3n) is 3.49. The Balaban J connectivity index is 1.60. The lowest BCUT2D eigenvalue weighted by Gasteiger charge is -1.98. The van der Waals surface area contributed by atoms with E-state index in [1.54, 1.807) is 23.5 Å². The maximum Gasteiger partial charge on any atom is 0.205 e. The van der Waals surface area contributed by atoms with E-state index in [9.17, 15) is 4.39 Å². The van der Waals surface area contributed by atoms with Gasteiger partial charge in [0.2, 0.25) is 5.13 Å². The number of nitrogens with one attached hydrogen (secondary N) is 1. The maximum atomic E-state index is 12.8. The molecule has 0 bridgehead atoms. The molecule has 2 atom stereocenters. The van der Waals surface area contributed by atoms with E-state index in [4.69, 9.17) is 0 Å². The highest BCUT2D eigenvalue weighted by molar-refractivity contribution is 7.15. The van der Waals surface area contributed by atoms with Crippen molar-refractivity contribution in [2.24, 2.45) is 5.92 Å². The first-order valence-corrected chi connectivity index (χ1v) is 7.39. The molecular formula is C14H16FN3S. The molecule has 0 amide bonds. The average Bonchev–Trinajstić information content (AvgIpc) is 3.02. The van der Waals surface area contributed by atoms with Crippen LogP contribution in [0.3, 0.4) is 0 Å². The van der Waals surface area contributed by atoms with Crippen LogP contribution in [0.2, 0.25) is 0 Å². The van der Waals surface area contributed by atoms with E-state index in [0.29, 0.717) is 12.5 Å². The number of halogens is 1. The predicted molar refractivity (Wildman–Crippen MR) is 74.9 cm³/mol. The van der Waals surface area contributed by atoms with Gasteiger partial charge in [-0.05, 0) is 30.0 Å². The molecule has 1 aromatic heterocycles. The van der Waals surface area contributed by atoms with Crippen molar-refractivity contribution in [2.75, 3.05) is 5.32 Å². The van der Waals surface area contributed by atoms with Gasteiger partial charge in [-0.3, -0.25) is 0 Å². The van der Waals surface area contributed by atoms with Crippen LogP contribution in [0.5, 0.6) is 0 Å². The first-order chi connectivity index (χ1) is 9.24. The maximum absolute atomic E-state index is 12.8. The molecule has 3 rings (SSSR count). The van der Waals surface area contributed by atoms with E-state index < -0.39 is 0 Å². The zero-order valence-electron chi connectivity index (χ0n) is 10.8. The van der Waals surface area contributed by atoms with Crippen LogP contribution in [0, 0.1) is 11.7 Å². The standard InChI is InChI=1S/C14H16FN3S/c1-2-10-8-12(10)16-14-18-17-13(19-14)7-9-3-5-11(15)6-4-9/h3-6,10,12H,2,7-8H2,1H3,(H,16,18). The monoisotopic (exact) mass is 277 g/mol. The van der Waals surface area contributed by atoms with Crippen LogP contribution in [0.4, 0.5) is 9.52 Å². The first-order valence-electron chi connectivity index (χ1n) is 6.58. The molecule has 1 aliphatic carbocycles. The fourth-order valence-corrected chi connectivity index (χ4v) is 3.03. The van der Waals surface area contributed by atoms with Crippen molar-refractivity contribution in [1.82, 2.24) is 10.2 Å². The van der Waals surface area contributed by atoms with Crippen LogP contribution < -0.4 is 5.32 Å². The summed E-state index contributed by atoms with van der Waals surface area (Å²) in [7, 11) is 0. The second-order valence-corrected chi connectivity index (χ2v) is 6.02. The molecule has 1 N–H and O–H groups in total. The Kier molecular flexibility index (Phi) is 3.46. The fraction of sp³-hybridized carbons (Fsp3) is 0.429. The van der Waals surface area contributed by atoms with Crippen LogP contribution in [0.1, 0.15) is 30.3 Å². The molecule has 1 aromatic carbocycles. The molecule has 0 radical (unpaired) electrons. The summed E-state index contributed by atoms with van der Waals surface area (Å²) in [4.78, 5) is 0. The number of hydrogen-bond donors (Lipinski definition) is 1. The number of nitrogens with zero attached hydrogens (tertiary/aromatic N) is 2. The van der Waals surface area contributed by atoms with Crippen molar-refractivity contribution in [1.29, 1.82) is 0 Å². The molecule has 5 heteroatoms. The smallest absolute Gasteiger partial charge is 0.205 e. The van der Waals surface area contributed by atoms with Crippen LogP contribution in [0.25, 0.3) is 0 Å². The van der Waals surface area contributed by atoms with Gasteiger partial charge in [-0.25, -0.2) is 4.39 Å². The van der Waals surface area contributed by atoms with Crippen molar-refractivity contribution in [3.8, 4) is 0 Å². The Bertz CT molecular complexity index is 552.